The minimum absolute atomic E-state index is 0.0560. The smallest absolute Gasteiger partial charge is 0.392 e. The SMILES string of the molecule is OCc1cnn(-c2cccnn2)c1C(F)(F)F. The Morgan fingerprint density at radius 1 is 1.35 bits per heavy atom. The molecule has 0 saturated heterocycles. The summed E-state index contributed by atoms with van der Waals surface area (Å²) in [5.74, 6) is -0.0560. The monoisotopic (exact) mass is 244 g/mol. The summed E-state index contributed by atoms with van der Waals surface area (Å²) in [7, 11) is 0. The van der Waals surface area contributed by atoms with Crippen molar-refractivity contribution in [1.29, 1.82) is 0 Å². The second kappa shape index (κ2) is 4.13. The van der Waals surface area contributed by atoms with Crippen molar-refractivity contribution in [2.75, 3.05) is 0 Å². The maximum absolute atomic E-state index is 12.8. The standard InChI is InChI=1S/C9H7F3N4O/c10-9(11,12)8-6(5-17)4-14-16(8)7-2-1-3-13-15-7/h1-4,17H,5H2. The molecule has 0 unspecified atom stereocenters. The van der Waals surface area contributed by atoms with E-state index in [-0.39, 0.29) is 11.4 Å². The van der Waals surface area contributed by atoms with Crippen molar-refractivity contribution in [1.82, 2.24) is 20.0 Å². The van der Waals surface area contributed by atoms with Gasteiger partial charge in [-0.15, -0.1) is 5.10 Å². The molecule has 0 aliphatic heterocycles. The van der Waals surface area contributed by atoms with Gasteiger partial charge in [0.15, 0.2) is 11.5 Å². The van der Waals surface area contributed by atoms with E-state index in [9.17, 15) is 13.2 Å². The fourth-order valence-electron chi connectivity index (χ4n) is 1.38. The van der Waals surface area contributed by atoms with Crippen LogP contribution in [-0.4, -0.2) is 25.1 Å². The molecule has 8 heteroatoms. The van der Waals surface area contributed by atoms with Gasteiger partial charge in [-0.05, 0) is 12.1 Å². The van der Waals surface area contributed by atoms with Gasteiger partial charge in [0, 0.05) is 11.8 Å². The molecule has 90 valence electrons. The number of rotatable bonds is 2. The van der Waals surface area contributed by atoms with Crippen LogP contribution in [0.2, 0.25) is 0 Å². The molecule has 0 atom stereocenters. The van der Waals surface area contributed by atoms with E-state index < -0.39 is 18.5 Å². The van der Waals surface area contributed by atoms with Crippen LogP contribution in [0.5, 0.6) is 0 Å². The third-order valence-corrected chi connectivity index (χ3v) is 2.06. The van der Waals surface area contributed by atoms with Crippen molar-refractivity contribution in [3.63, 3.8) is 0 Å². The summed E-state index contributed by atoms with van der Waals surface area (Å²) in [6, 6.07) is 2.79. The van der Waals surface area contributed by atoms with Crippen LogP contribution in [0.3, 0.4) is 0 Å². The minimum atomic E-state index is -4.62. The van der Waals surface area contributed by atoms with Gasteiger partial charge in [-0.3, -0.25) is 0 Å². The Morgan fingerprint density at radius 2 is 2.12 bits per heavy atom. The molecule has 2 aromatic rings. The highest BCUT2D eigenvalue weighted by molar-refractivity contribution is 5.29. The third kappa shape index (κ3) is 2.11. The lowest BCUT2D eigenvalue weighted by Crippen LogP contribution is -2.16. The Balaban J connectivity index is 2.60. The molecule has 0 spiro atoms. The molecule has 2 rings (SSSR count). The molecule has 0 aliphatic rings. The fourth-order valence-corrected chi connectivity index (χ4v) is 1.38. The summed E-state index contributed by atoms with van der Waals surface area (Å²) < 4.78 is 39.0. The van der Waals surface area contributed by atoms with E-state index in [1.54, 1.807) is 0 Å². The molecular formula is C9H7F3N4O. The van der Waals surface area contributed by atoms with Crippen molar-refractivity contribution in [3.8, 4) is 5.82 Å². The number of aliphatic hydroxyl groups is 1. The fraction of sp³-hybridized carbons (Fsp3) is 0.222. The molecule has 0 radical (unpaired) electrons. The Bertz CT molecular complexity index is 509. The van der Waals surface area contributed by atoms with E-state index in [4.69, 9.17) is 5.11 Å². The molecule has 1 N–H and O–H groups in total. The van der Waals surface area contributed by atoms with Gasteiger partial charge in [0.25, 0.3) is 0 Å². The predicted molar refractivity (Wildman–Crippen MR) is 50.1 cm³/mol. The molecule has 2 heterocycles. The third-order valence-electron chi connectivity index (χ3n) is 2.06. The largest absolute Gasteiger partial charge is 0.433 e. The van der Waals surface area contributed by atoms with Crippen LogP contribution in [0.4, 0.5) is 13.2 Å². The van der Waals surface area contributed by atoms with Crippen molar-refractivity contribution < 1.29 is 18.3 Å². The Labute approximate surface area is 93.5 Å². The van der Waals surface area contributed by atoms with Crippen molar-refractivity contribution >= 4 is 0 Å². The summed E-state index contributed by atoms with van der Waals surface area (Å²) in [5, 5.41) is 19.4. The zero-order chi connectivity index (χ0) is 12.5. The molecule has 0 saturated carbocycles. The van der Waals surface area contributed by atoms with Crippen LogP contribution >= 0.6 is 0 Å². The van der Waals surface area contributed by atoms with E-state index in [1.807, 2.05) is 0 Å². The average Bonchev–Trinajstić information content (AvgIpc) is 2.73. The van der Waals surface area contributed by atoms with Gasteiger partial charge in [0.2, 0.25) is 0 Å². The van der Waals surface area contributed by atoms with Gasteiger partial charge in [-0.1, -0.05) is 0 Å². The summed E-state index contributed by atoms with van der Waals surface area (Å²) in [4.78, 5) is 0. The molecule has 5 nitrogen and oxygen atoms in total. The van der Waals surface area contributed by atoms with E-state index in [0.717, 1.165) is 6.20 Å². The maximum Gasteiger partial charge on any atom is 0.433 e. The average molecular weight is 244 g/mol. The first kappa shape index (κ1) is 11.5. The zero-order valence-electron chi connectivity index (χ0n) is 8.39. The van der Waals surface area contributed by atoms with Crippen LogP contribution < -0.4 is 0 Å². The van der Waals surface area contributed by atoms with Crippen LogP contribution in [0.15, 0.2) is 24.5 Å². The van der Waals surface area contributed by atoms with Crippen LogP contribution in [0, 0.1) is 0 Å². The first-order valence-corrected chi connectivity index (χ1v) is 4.57. The number of aliphatic hydroxyl groups excluding tert-OH is 1. The van der Waals surface area contributed by atoms with E-state index >= 15 is 0 Å². The number of nitrogens with zero attached hydrogens (tertiary/aromatic N) is 4. The van der Waals surface area contributed by atoms with Crippen molar-refractivity contribution in [2.24, 2.45) is 0 Å². The maximum atomic E-state index is 12.8. The number of hydrogen-bond donors (Lipinski definition) is 1. The van der Waals surface area contributed by atoms with Crippen molar-refractivity contribution in [2.45, 2.75) is 12.8 Å². The lowest BCUT2D eigenvalue weighted by Gasteiger charge is -2.10. The number of alkyl halides is 3. The van der Waals surface area contributed by atoms with Gasteiger partial charge in [-0.25, -0.2) is 4.68 Å². The van der Waals surface area contributed by atoms with Crippen LogP contribution in [0.25, 0.3) is 5.82 Å². The Hall–Kier alpha value is -1.96. The molecule has 0 aliphatic carbocycles. The minimum Gasteiger partial charge on any atom is -0.392 e. The van der Waals surface area contributed by atoms with Crippen LogP contribution in [-0.2, 0) is 12.8 Å². The van der Waals surface area contributed by atoms with E-state index in [2.05, 4.69) is 15.3 Å². The molecule has 0 aromatic carbocycles. The molecule has 0 amide bonds. The summed E-state index contributed by atoms with van der Waals surface area (Å²) in [6.45, 7) is -0.741. The molecule has 0 fully saturated rings. The highest BCUT2D eigenvalue weighted by Crippen LogP contribution is 2.33. The Morgan fingerprint density at radius 3 is 2.65 bits per heavy atom. The first-order chi connectivity index (χ1) is 8.04. The van der Waals surface area contributed by atoms with Crippen LogP contribution in [0.1, 0.15) is 11.3 Å². The molecular weight excluding hydrogens is 237 g/mol. The molecule has 0 bridgehead atoms. The summed E-state index contributed by atoms with van der Waals surface area (Å²) in [6.07, 6.45) is -2.32. The molecule has 2 aromatic heterocycles. The van der Waals surface area contributed by atoms with E-state index in [0.29, 0.717) is 4.68 Å². The second-order valence-electron chi connectivity index (χ2n) is 3.17. The predicted octanol–water partition coefficient (Wildman–Crippen LogP) is 1.17. The van der Waals surface area contributed by atoms with E-state index in [1.165, 1.54) is 18.3 Å². The zero-order valence-corrected chi connectivity index (χ0v) is 8.39. The van der Waals surface area contributed by atoms with Gasteiger partial charge < -0.3 is 5.11 Å². The number of aromatic nitrogens is 4. The highest BCUT2D eigenvalue weighted by Gasteiger charge is 2.38. The highest BCUT2D eigenvalue weighted by atomic mass is 19.4. The van der Waals surface area contributed by atoms with Gasteiger partial charge in [0.05, 0.1) is 12.8 Å². The first-order valence-electron chi connectivity index (χ1n) is 4.57. The summed E-state index contributed by atoms with van der Waals surface area (Å²) in [5.41, 5.74) is -1.34. The number of hydrogen-bond acceptors (Lipinski definition) is 4. The number of halogens is 3. The lowest BCUT2D eigenvalue weighted by molar-refractivity contribution is -0.144. The molecule has 17 heavy (non-hydrogen) atoms. The Kier molecular flexibility index (Phi) is 2.80. The van der Waals surface area contributed by atoms with Crippen molar-refractivity contribution in [3.05, 3.63) is 35.8 Å². The second-order valence-corrected chi connectivity index (χ2v) is 3.17. The quantitative estimate of drug-likeness (QED) is 0.861. The van der Waals surface area contributed by atoms with Gasteiger partial charge in [-0.2, -0.15) is 23.4 Å². The van der Waals surface area contributed by atoms with Gasteiger partial charge >= 0.3 is 6.18 Å². The normalized spacial score (nSPS) is 11.8. The summed E-state index contributed by atoms with van der Waals surface area (Å²) >= 11 is 0. The lowest BCUT2D eigenvalue weighted by atomic mass is 10.2. The van der Waals surface area contributed by atoms with Gasteiger partial charge in [0.1, 0.15) is 0 Å². The topological polar surface area (TPSA) is 63.8 Å².